The van der Waals surface area contributed by atoms with E-state index in [1.807, 2.05) is 39.8 Å². The molecule has 1 aromatic rings. The lowest BCUT2D eigenvalue weighted by Gasteiger charge is -2.27. The number of hydrogen-bond donors (Lipinski definition) is 3. The second-order valence-corrected chi connectivity index (χ2v) is 5.98. The van der Waals surface area contributed by atoms with Gasteiger partial charge in [-0.1, -0.05) is 22.9 Å². The Balaban J connectivity index is 2.84. The Hall–Kier alpha value is -1.07. The average molecular weight is 329 g/mol. The summed E-state index contributed by atoms with van der Waals surface area (Å²) in [5.41, 5.74) is 2.19. The molecule has 0 spiro atoms. The summed E-state index contributed by atoms with van der Waals surface area (Å²) in [6, 6.07) is 3.60. The lowest BCUT2D eigenvalue weighted by molar-refractivity contribution is 0.172. The molecule has 5 heteroatoms. The summed E-state index contributed by atoms with van der Waals surface area (Å²) in [6.07, 6.45) is 0.662. The number of halogens is 1. The quantitative estimate of drug-likeness (QED) is 0.793. The van der Waals surface area contributed by atoms with Gasteiger partial charge in [0, 0.05) is 10.2 Å². The largest absolute Gasteiger partial charge is 0.394 e. The molecule has 19 heavy (non-hydrogen) atoms. The average Bonchev–Trinajstić information content (AvgIpc) is 2.33. The first kappa shape index (κ1) is 16.0. The van der Waals surface area contributed by atoms with E-state index in [-0.39, 0.29) is 12.6 Å². The number of aryl methyl sites for hydroxylation is 2. The summed E-state index contributed by atoms with van der Waals surface area (Å²) in [6.45, 7) is 7.53. The SMILES string of the molecule is CCC(C)(CO)NC(=O)Nc1c(C)cc(Br)cc1C. The highest BCUT2D eigenvalue weighted by molar-refractivity contribution is 9.10. The second-order valence-electron chi connectivity index (χ2n) is 5.07. The van der Waals surface area contributed by atoms with Crippen LogP contribution in [0.1, 0.15) is 31.4 Å². The Morgan fingerprint density at radius 2 is 1.89 bits per heavy atom. The first-order valence-electron chi connectivity index (χ1n) is 6.28. The van der Waals surface area contributed by atoms with E-state index < -0.39 is 5.54 Å². The molecule has 0 saturated carbocycles. The maximum atomic E-state index is 12.0. The zero-order chi connectivity index (χ0) is 14.6. The van der Waals surface area contributed by atoms with Crippen molar-refractivity contribution in [1.82, 2.24) is 5.32 Å². The molecule has 0 aliphatic heterocycles. The molecular weight excluding hydrogens is 308 g/mol. The van der Waals surface area contributed by atoms with Crippen LogP contribution in [-0.2, 0) is 0 Å². The molecule has 3 N–H and O–H groups in total. The van der Waals surface area contributed by atoms with Gasteiger partial charge < -0.3 is 15.7 Å². The van der Waals surface area contributed by atoms with Crippen molar-refractivity contribution in [1.29, 1.82) is 0 Å². The molecule has 0 fully saturated rings. The fourth-order valence-corrected chi connectivity index (χ4v) is 2.45. The van der Waals surface area contributed by atoms with Crippen molar-refractivity contribution in [3.63, 3.8) is 0 Å². The number of aliphatic hydroxyl groups is 1. The Bertz CT molecular complexity index is 448. The molecule has 2 amide bonds. The summed E-state index contributed by atoms with van der Waals surface area (Å²) in [7, 11) is 0. The Kier molecular flexibility index (Phi) is 5.38. The third-order valence-corrected chi connectivity index (χ3v) is 3.74. The van der Waals surface area contributed by atoms with Gasteiger partial charge in [0.15, 0.2) is 0 Å². The van der Waals surface area contributed by atoms with Gasteiger partial charge in [-0.05, 0) is 50.5 Å². The predicted molar refractivity (Wildman–Crippen MR) is 81.6 cm³/mol. The summed E-state index contributed by atoms with van der Waals surface area (Å²) in [5.74, 6) is 0. The van der Waals surface area contributed by atoms with Crippen LogP contribution in [0.15, 0.2) is 16.6 Å². The van der Waals surface area contributed by atoms with Gasteiger partial charge >= 0.3 is 6.03 Å². The standard InChI is InChI=1S/C14H21BrN2O2/c1-5-14(4,8-18)17-13(19)16-12-9(2)6-11(15)7-10(12)3/h6-7,18H,5,8H2,1-4H3,(H2,16,17,19). The smallest absolute Gasteiger partial charge is 0.319 e. The van der Waals surface area contributed by atoms with Crippen molar-refractivity contribution in [2.75, 3.05) is 11.9 Å². The topological polar surface area (TPSA) is 61.4 Å². The van der Waals surface area contributed by atoms with Crippen LogP contribution in [0, 0.1) is 13.8 Å². The number of aliphatic hydroxyl groups excluding tert-OH is 1. The normalized spacial score (nSPS) is 13.8. The van der Waals surface area contributed by atoms with Crippen LogP contribution >= 0.6 is 15.9 Å². The minimum atomic E-state index is -0.596. The van der Waals surface area contributed by atoms with Gasteiger partial charge in [0.05, 0.1) is 12.1 Å². The molecule has 0 bridgehead atoms. The Labute approximate surface area is 122 Å². The minimum absolute atomic E-state index is 0.0881. The first-order valence-corrected chi connectivity index (χ1v) is 7.07. The van der Waals surface area contributed by atoms with Gasteiger partial charge in [0.1, 0.15) is 0 Å². The van der Waals surface area contributed by atoms with Crippen LogP contribution in [-0.4, -0.2) is 23.3 Å². The van der Waals surface area contributed by atoms with Crippen LogP contribution in [0.4, 0.5) is 10.5 Å². The summed E-state index contributed by atoms with van der Waals surface area (Å²) < 4.78 is 0.988. The summed E-state index contributed by atoms with van der Waals surface area (Å²) in [5, 5.41) is 14.9. The molecule has 4 nitrogen and oxygen atoms in total. The maximum Gasteiger partial charge on any atom is 0.319 e. The minimum Gasteiger partial charge on any atom is -0.394 e. The van der Waals surface area contributed by atoms with Crippen molar-refractivity contribution in [3.8, 4) is 0 Å². The van der Waals surface area contributed by atoms with Gasteiger partial charge in [0.25, 0.3) is 0 Å². The van der Waals surface area contributed by atoms with Gasteiger partial charge in [-0.3, -0.25) is 0 Å². The molecule has 0 heterocycles. The molecule has 0 saturated heterocycles. The number of carbonyl (C=O) groups is 1. The lowest BCUT2D eigenvalue weighted by atomic mass is 10.0. The van der Waals surface area contributed by atoms with E-state index in [2.05, 4.69) is 26.6 Å². The lowest BCUT2D eigenvalue weighted by Crippen LogP contribution is -2.50. The molecule has 106 valence electrons. The third-order valence-electron chi connectivity index (χ3n) is 3.28. The highest BCUT2D eigenvalue weighted by atomic mass is 79.9. The number of urea groups is 1. The zero-order valence-electron chi connectivity index (χ0n) is 11.8. The van der Waals surface area contributed by atoms with Crippen LogP contribution in [0.2, 0.25) is 0 Å². The number of nitrogens with one attached hydrogen (secondary N) is 2. The second kappa shape index (κ2) is 6.39. The maximum absolute atomic E-state index is 12.0. The number of amides is 2. The van der Waals surface area contributed by atoms with Crippen molar-refractivity contribution < 1.29 is 9.90 Å². The Morgan fingerprint density at radius 3 is 2.32 bits per heavy atom. The van der Waals surface area contributed by atoms with E-state index in [1.54, 1.807) is 0 Å². The van der Waals surface area contributed by atoms with Crippen molar-refractivity contribution in [2.24, 2.45) is 0 Å². The number of benzene rings is 1. The molecule has 1 unspecified atom stereocenters. The molecule has 1 aromatic carbocycles. The predicted octanol–water partition coefficient (Wildman–Crippen LogP) is 3.35. The van der Waals surface area contributed by atoms with Gasteiger partial charge in [-0.25, -0.2) is 4.79 Å². The molecule has 1 rings (SSSR count). The van der Waals surface area contributed by atoms with Crippen LogP contribution < -0.4 is 10.6 Å². The van der Waals surface area contributed by atoms with E-state index in [0.717, 1.165) is 21.3 Å². The third kappa shape index (κ3) is 4.21. The van der Waals surface area contributed by atoms with Crippen LogP contribution in [0.25, 0.3) is 0 Å². The molecule has 0 aliphatic carbocycles. The van der Waals surface area contributed by atoms with Gasteiger partial charge in [-0.2, -0.15) is 0 Å². The fraction of sp³-hybridized carbons (Fsp3) is 0.500. The highest BCUT2D eigenvalue weighted by Gasteiger charge is 2.23. The van der Waals surface area contributed by atoms with Crippen LogP contribution in [0.3, 0.4) is 0 Å². The van der Waals surface area contributed by atoms with E-state index in [4.69, 9.17) is 0 Å². The number of carbonyl (C=O) groups excluding carboxylic acids is 1. The number of hydrogen-bond acceptors (Lipinski definition) is 2. The van der Waals surface area contributed by atoms with E-state index in [1.165, 1.54) is 0 Å². The molecule has 0 aliphatic rings. The summed E-state index contributed by atoms with van der Waals surface area (Å²) >= 11 is 3.42. The van der Waals surface area contributed by atoms with Crippen LogP contribution in [0.5, 0.6) is 0 Å². The van der Waals surface area contributed by atoms with Crippen molar-refractivity contribution in [3.05, 3.63) is 27.7 Å². The highest BCUT2D eigenvalue weighted by Crippen LogP contribution is 2.25. The van der Waals surface area contributed by atoms with Crippen molar-refractivity contribution in [2.45, 2.75) is 39.7 Å². The summed E-state index contributed by atoms with van der Waals surface area (Å²) in [4.78, 5) is 12.0. The van der Waals surface area contributed by atoms with E-state index in [9.17, 15) is 9.90 Å². The number of rotatable bonds is 4. The molecule has 0 aromatic heterocycles. The van der Waals surface area contributed by atoms with E-state index in [0.29, 0.717) is 6.42 Å². The van der Waals surface area contributed by atoms with Gasteiger partial charge in [-0.15, -0.1) is 0 Å². The molecular formula is C14H21BrN2O2. The monoisotopic (exact) mass is 328 g/mol. The van der Waals surface area contributed by atoms with Crippen molar-refractivity contribution >= 4 is 27.6 Å². The zero-order valence-corrected chi connectivity index (χ0v) is 13.4. The molecule has 1 atom stereocenters. The number of anilines is 1. The van der Waals surface area contributed by atoms with Gasteiger partial charge in [0.2, 0.25) is 0 Å². The first-order chi connectivity index (χ1) is 8.81. The van der Waals surface area contributed by atoms with E-state index >= 15 is 0 Å². The fourth-order valence-electron chi connectivity index (χ4n) is 1.77. The molecule has 0 radical (unpaired) electrons. The Morgan fingerprint density at radius 1 is 1.37 bits per heavy atom.